The van der Waals surface area contributed by atoms with Gasteiger partial charge in [0.25, 0.3) is 0 Å². The summed E-state index contributed by atoms with van der Waals surface area (Å²) in [5, 5.41) is 9.52. The largest absolute Gasteiger partial charge is 0.478 e. The Hall–Kier alpha value is -0.520. The number of carboxylic acids is 1. The van der Waals surface area contributed by atoms with Crippen LogP contribution in [-0.2, 0) is 4.74 Å². The third-order valence-electron chi connectivity index (χ3n) is 2.59. The molecule has 1 heterocycles. The van der Waals surface area contributed by atoms with Gasteiger partial charge in [-0.3, -0.25) is 0 Å². The van der Waals surface area contributed by atoms with Gasteiger partial charge in [0, 0.05) is 27.8 Å². The summed E-state index contributed by atoms with van der Waals surface area (Å²) in [4.78, 5) is 12.0. The molecule has 2 rings (SSSR count). The summed E-state index contributed by atoms with van der Waals surface area (Å²) in [7, 11) is 0. The molecule has 1 saturated heterocycles. The van der Waals surface area contributed by atoms with Crippen LogP contribution in [0.2, 0.25) is 0 Å². The standard InChI is InChI=1S/C12H13BrO3S/c13-9-5-8(12(14)15)6-11(7-9)17-10-1-3-16-4-2-10/h5-7,10H,1-4H2,(H,14,15). The van der Waals surface area contributed by atoms with Gasteiger partial charge in [0.05, 0.1) is 5.56 Å². The van der Waals surface area contributed by atoms with E-state index >= 15 is 0 Å². The number of carbonyl (C=O) groups is 1. The quantitative estimate of drug-likeness (QED) is 0.928. The minimum atomic E-state index is -0.889. The summed E-state index contributed by atoms with van der Waals surface area (Å²) in [6.45, 7) is 1.61. The first kappa shape index (κ1) is 12.9. The van der Waals surface area contributed by atoms with Crippen molar-refractivity contribution in [3.8, 4) is 0 Å². The van der Waals surface area contributed by atoms with Crippen LogP contribution in [0.15, 0.2) is 27.6 Å². The Balaban J connectivity index is 2.11. The van der Waals surface area contributed by atoms with Crippen LogP contribution < -0.4 is 0 Å². The maximum absolute atomic E-state index is 10.9. The number of hydrogen-bond acceptors (Lipinski definition) is 3. The average Bonchev–Trinajstić information content (AvgIpc) is 2.29. The molecule has 1 aromatic rings. The van der Waals surface area contributed by atoms with E-state index < -0.39 is 5.97 Å². The lowest BCUT2D eigenvalue weighted by Gasteiger charge is -2.21. The third-order valence-corrected chi connectivity index (χ3v) is 4.36. The summed E-state index contributed by atoms with van der Waals surface area (Å²) in [6, 6.07) is 5.32. The van der Waals surface area contributed by atoms with Crippen LogP contribution in [0.5, 0.6) is 0 Å². The molecule has 1 aromatic carbocycles. The number of hydrogen-bond donors (Lipinski definition) is 1. The van der Waals surface area contributed by atoms with Gasteiger partial charge in [-0.15, -0.1) is 11.8 Å². The molecule has 17 heavy (non-hydrogen) atoms. The van der Waals surface area contributed by atoms with E-state index in [0.29, 0.717) is 10.8 Å². The molecule has 0 amide bonds. The monoisotopic (exact) mass is 316 g/mol. The summed E-state index contributed by atoms with van der Waals surface area (Å²) in [5.41, 5.74) is 0.328. The average molecular weight is 317 g/mol. The smallest absolute Gasteiger partial charge is 0.335 e. The zero-order valence-electron chi connectivity index (χ0n) is 9.19. The predicted octanol–water partition coefficient (Wildman–Crippen LogP) is 3.42. The number of aromatic carboxylic acids is 1. The second kappa shape index (κ2) is 5.89. The summed E-state index contributed by atoms with van der Waals surface area (Å²) in [6.07, 6.45) is 2.05. The van der Waals surface area contributed by atoms with Crippen molar-refractivity contribution in [3.05, 3.63) is 28.2 Å². The van der Waals surface area contributed by atoms with E-state index in [-0.39, 0.29) is 0 Å². The van der Waals surface area contributed by atoms with Gasteiger partial charge in [-0.2, -0.15) is 0 Å². The SMILES string of the molecule is O=C(O)c1cc(Br)cc(SC2CCOCC2)c1. The Kier molecular flexibility index (Phi) is 4.48. The summed E-state index contributed by atoms with van der Waals surface area (Å²) in [5.74, 6) is -0.889. The second-order valence-electron chi connectivity index (χ2n) is 3.91. The van der Waals surface area contributed by atoms with Gasteiger partial charge in [0.1, 0.15) is 0 Å². The fraction of sp³-hybridized carbons (Fsp3) is 0.417. The van der Waals surface area contributed by atoms with Gasteiger partial charge in [0.2, 0.25) is 0 Å². The van der Waals surface area contributed by atoms with Crippen LogP contribution in [0.25, 0.3) is 0 Å². The highest BCUT2D eigenvalue weighted by Gasteiger charge is 2.16. The lowest BCUT2D eigenvalue weighted by molar-refractivity contribution is 0.0696. The van der Waals surface area contributed by atoms with E-state index in [1.54, 1.807) is 23.9 Å². The molecular formula is C12H13BrO3S. The van der Waals surface area contributed by atoms with Crippen molar-refractivity contribution in [1.29, 1.82) is 0 Å². The molecule has 1 N–H and O–H groups in total. The number of carboxylic acid groups (broad SMARTS) is 1. The molecule has 5 heteroatoms. The van der Waals surface area contributed by atoms with Crippen LogP contribution in [0.3, 0.4) is 0 Å². The van der Waals surface area contributed by atoms with E-state index in [9.17, 15) is 4.79 Å². The first-order valence-electron chi connectivity index (χ1n) is 5.43. The number of rotatable bonds is 3. The van der Waals surface area contributed by atoms with E-state index in [2.05, 4.69) is 15.9 Å². The van der Waals surface area contributed by atoms with Crippen LogP contribution in [0.1, 0.15) is 23.2 Å². The van der Waals surface area contributed by atoms with Crippen molar-refractivity contribution in [3.63, 3.8) is 0 Å². The second-order valence-corrected chi connectivity index (χ2v) is 6.20. The molecule has 0 spiro atoms. The molecule has 0 atom stereocenters. The fourth-order valence-corrected chi connectivity index (χ4v) is 3.59. The molecule has 0 saturated carbocycles. The number of benzene rings is 1. The summed E-state index contributed by atoms with van der Waals surface area (Å²) < 4.78 is 6.12. The zero-order valence-corrected chi connectivity index (χ0v) is 11.6. The normalized spacial score (nSPS) is 17.0. The molecule has 1 fully saturated rings. The number of halogens is 1. The summed E-state index contributed by atoms with van der Waals surface area (Å²) >= 11 is 5.08. The maximum atomic E-state index is 10.9. The van der Waals surface area contributed by atoms with Gasteiger partial charge in [-0.25, -0.2) is 4.79 Å². The van der Waals surface area contributed by atoms with Crippen molar-refractivity contribution in [2.24, 2.45) is 0 Å². The van der Waals surface area contributed by atoms with Crippen molar-refractivity contribution in [2.45, 2.75) is 23.0 Å². The van der Waals surface area contributed by atoms with Crippen molar-refractivity contribution >= 4 is 33.7 Å². The third kappa shape index (κ3) is 3.72. The Morgan fingerprint density at radius 3 is 2.71 bits per heavy atom. The van der Waals surface area contributed by atoms with E-state index in [0.717, 1.165) is 35.4 Å². The Bertz CT molecular complexity index is 416. The Morgan fingerprint density at radius 1 is 1.35 bits per heavy atom. The van der Waals surface area contributed by atoms with E-state index in [1.807, 2.05) is 6.07 Å². The molecule has 3 nitrogen and oxygen atoms in total. The first-order chi connectivity index (χ1) is 8.15. The van der Waals surface area contributed by atoms with E-state index in [1.165, 1.54) is 0 Å². The number of ether oxygens (including phenoxy) is 1. The van der Waals surface area contributed by atoms with Crippen LogP contribution >= 0.6 is 27.7 Å². The molecule has 0 aliphatic carbocycles. The highest BCUT2D eigenvalue weighted by Crippen LogP contribution is 2.32. The lowest BCUT2D eigenvalue weighted by Crippen LogP contribution is -2.17. The maximum Gasteiger partial charge on any atom is 0.335 e. The molecular weight excluding hydrogens is 304 g/mol. The van der Waals surface area contributed by atoms with Gasteiger partial charge < -0.3 is 9.84 Å². The molecule has 1 aliphatic heterocycles. The first-order valence-corrected chi connectivity index (χ1v) is 7.11. The van der Waals surface area contributed by atoms with Gasteiger partial charge in [-0.05, 0) is 31.0 Å². The van der Waals surface area contributed by atoms with Gasteiger partial charge >= 0.3 is 5.97 Å². The minimum absolute atomic E-state index is 0.328. The number of thioether (sulfide) groups is 1. The highest BCUT2D eigenvalue weighted by molar-refractivity contribution is 9.10. The topological polar surface area (TPSA) is 46.5 Å². The predicted molar refractivity (Wildman–Crippen MR) is 70.8 cm³/mol. The van der Waals surface area contributed by atoms with Gasteiger partial charge in [0.15, 0.2) is 0 Å². The minimum Gasteiger partial charge on any atom is -0.478 e. The molecule has 92 valence electrons. The molecule has 0 unspecified atom stereocenters. The Morgan fingerprint density at radius 2 is 2.06 bits per heavy atom. The van der Waals surface area contributed by atoms with E-state index in [4.69, 9.17) is 9.84 Å². The molecule has 0 aromatic heterocycles. The molecule has 1 aliphatic rings. The van der Waals surface area contributed by atoms with Crippen LogP contribution in [0, 0.1) is 0 Å². The van der Waals surface area contributed by atoms with Crippen molar-refractivity contribution in [2.75, 3.05) is 13.2 Å². The van der Waals surface area contributed by atoms with Crippen LogP contribution in [0.4, 0.5) is 0 Å². The lowest BCUT2D eigenvalue weighted by atomic mass is 10.2. The molecule has 0 bridgehead atoms. The molecule has 0 radical (unpaired) electrons. The fourth-order valence-electron chi connectivity index (χ4n) is 1.74. The zero-order chi connectivity index (χ0) is 12.3. The Labute approximate surface area is 113 Å². The highest BCUT2D eigenvalue weighted by atomic mass is 79.9. The van der Waals surface area contributed by atoms with Gasteiger partial charge in [-0.1, -0.05) is 15.9 Å². The van der Waals surface area contributed by atoms with Crippen molar-refractivity contribution in [1.82, 2.24) is 0 Å². The van der Waals surface area contributed by atoms with Crippen LogP contribution in [-0.4, -0.2) is 29.5 Å². The van der Waals surface area contributed by atoms with Crippen molar-refractivity contribution < 1.29 is 14.6 Å².